The van der Waals surface area contributed by atoms with Crippen LogP contribution in [0.2, 0.25) is 0 Å². The highest BCUT2D eigenvalue weighted by molar-refractivity contribution is 7.80. The first-order chi connectivity index (χ1) is 11.1. The first-order valence-electron chi connectivity index (χ1n) is 7.57. The normalized spacial score (nSPS) is 12.1. The number of fused-ring (bicyclic) bond motifs is 1. The number of aromatic nitrogens is 1. The minimum atomic E-state index is -0.623. The number of para-hydroxylation sites is 1. The van der Waals surface area contributed by atoms with E-state index in [1.165, 1.54) is 0 Å². The first-order valence-corrected chi connectivity index (χ1v) is 8.21. The average Bonchev–Trinajstić information content (AvgIpc) is 2.95. The maximum absolute atomic E-state index is 12.0. The van der Waals surface area contributed by atoms with Gasteiger partial charge in [0, 0.05) is 36.6 Å². The van der Waals surface area contributed by atoms with Crippen LogP contribution in [-0.2, 0) is 16.0 Å². The Morgan fingerprint density at radius 3 is 2.74 bits per heavy atom. The molecule has 2 amide bonds. The molecular formula is C16H22N4O2S. The highest BCUT2D eigenvalue weighted by Gasteiger charge is 2.15. The van der Waals surface area contributed by atoms with Crippen LogP contribution in [0.5, 0.6) is 0 Å². The summed E-state index contributed by atoms with van der Waals surface area (Å²) >= 11 is 3.98. The van der Waals surface area contributed by atoms with E-state index in [0.717, 1.165) is 16.5 Å². The number of aromatic amines is 1. The second kappa shape index (κ2) is 8.59. The molecule has 7 heteroatoms. The second-order valence-electron chi connectivity index (χ2n) is 5.28. The third-order valence-electron chi connectivity index (χ3n) is 3.54. The second-order valence-corrected chi connectivity index (χ2v) is 5.73. The molecule has 0 saturated heterocycles. The molecular weight excluding hydrogens is 312 g/mol. The molecule has 0 radical (unpaired) electrons. The van der Waals surface area contributed by atoms with Crippen LogP contribution in [0.4, 0.5) is 0 Å². The zero-order valence-corrected chi connectivity index (χ0v) is 13.7. The van der Waals surface area contributed by atoms with Gasteiger partial charge in [-0.3, -0.25) is 9.59 Å². The molecule has 124 valence electrons. The molecule has 5 N–H and O–H groups in total. The number of hydrogen-bond donors (Lipinski definition) is 5. The molecule has 6 nitrogen and oxygen atoms in total. The average molecular weight is 334 g/mol. The smallest absolute Gasteiger partial charge is 0.237 e. The fourth-order valence-corrected chi connectivity index (χ4v) is 2.54. The molecule has 23 heavy (non-hydrogen) atoms. The van der Waals surface area contributed by atoms with Crippen LogP contribution in [0, 0.1) is 0 Å². The largest absolute Gasteiger partial charge is 0.361 e. The monoisotopic (exact) mass is 334 g/mol. The molecule has 0 spiro atoms. The molecule has 0 aliphatic carbocycles. The number of nitrogens with one attached hydrogen (secondary N) is 3. The number of carbonyl (C=O) groups is 2. The summed E-state index contributed by atoms with van der Waals surface area (Å²) in [7, 11) is 0. The highest BCUT2D eigenvalue weighted by atomic mass is 32.1. The van der Waals surface area contributed by atoms with Crippen LogP contribution in [0.1, 0.15) is 12.0 Å². The van der Waals surface area contributed by atoms with E-state index in [0.29, 0.717) is 31.7 Å². The van der Waals surface area contributed by atoms with Crippen LogP contribution in [0.15, 0.2) is 30.5 Å². The Hall–Kier alpha value is -1.99. The van der Waals surface area contributed by atoms with Crippen LogP contribution in [-0.4, -0.2) is 41.7 Å². The van der Waals surface area contributed by atoms with Crippen LogP contribution in [0.25, 0.3) is 10.9 Å². The van der Waals surface area contributed by atoms with Gasteiger partial charge in [0.1, 0.15) is 0 Å². The Balaban J connectivity index is 1.78. The molecule has 1 atom stereocenters. The van der Waals surface area contributed by atoms with Crippen LogP contribution >= 0.6 is 12.6 Å². The van der Waals surface area contributed by atoms with Gasteiger partial charge in [-0.05, 0) is 23.8 Å². The molecule has 1 heterocycles. The van der Waals surface area contributed by atoms with Crippen molar-refractivity contribution in [3.05, 3.63) is 36.0 Å². The van der Waals surface area contributed by atoms with E-state index in [1.54, 1.807) is 0 Å². The number of nitrogens with two attached hydrogens (primary N) is 1. The Bertz CT molecular complexity index is 671. The zero-order valence-electron chi connectivity index (χ0n) is 12.8. The van der Waals surface area contributed by atoms with Gasteiger partial charge in [0.15, 0.2) is 0 Å². The van der Waals surface area contributed by atoms with Gasteiger partial charge >= 0.3 is 0 Å². The predicted octanol–water partition coefficient (Wildman–Crippen LogP) is 0.590. The minimum Gasteiger partial charge on any atom is -0.361 e. The quantitative estimate of drug-likeness (QED) is 0.361. The van der Waals surface area contributed by atoms with E-state index in [1.807, 2.05) is 30.5 Å². The summed E-state index contributed by atoms with van der Waals surface area (Å²) in [4.78, 5) is 26.4. The van der Waals surface area contributed by atoms with Crippen molar-refractivity contribution in [3.8, 4) is 0 Å². The van der Waals surface area contributed by atoms with Crippen molar-refractivity contribution in [2.75, 3.05) is 18.8 Å². The van der Waals surface area contributed by atoms with E-state index >= 15 is 0 Å². The summed E-state index contributed by atoms with van der Waals surface area (Å²) in [5.41, 5.74) is 8.01. The van der Waals surface area contributed by atoms with E-state index in [-0.39, 0.29) is 11.8 Å². The molecule has 0 unspecified atom stereocenters. The molecule has 1 aromatic carbocycles. The third kappa shape index (κ3) is 5.01. The lowest BCUT2D eigenvalue weighted by Crippen LogP contribution is -2.44. The van der Waals surface area contributed by atoms with Gasteiger partial charge in [0.05, 0.1) is 6.04 Å². The van der Waals surface area contributed by atoms with Crippen LogP contribution < -0.4 is 16.4 Å². The summed E-state index contributed by atoms with van der Waals surface area (Å²) < 4.78 is 0. The van der Waals surface area contributed by atoms with Crippen LogP contribution in [0.3, 0.4) is 0 Å². The number of rotatable bonds is 8. The minimum absolute atomic E-state index is 0.0719. The summed E-state index contributed by atoms with van der Waals surface area (Å²) in [5.74, 6) is 0.212. The Morgan fingerprint density at radius 2 is 1.96 bits per heavy atom. The first kappa shape index (κ1) is 17.4. The maximum Gasteiger partial charge on any atom is 0.237 e. The summed E-state index contributed by atoms with van der Waals surface area (Å²) in [6.45, 7) is 0.747. The SMILES string of the molecule is N[C@@H](Cc1c[nH]c2ccccc12)C(=O)NCCNC(=O)CCS. The van der Waals surface area contributed by atoms with Gasteiger partial charge in [0.25, 0.3) is 0 Å². The van der Waals surface area contributed by atoms with E-state index in [2.05, 4.69) is 28.2 Å². The number of hydrogen-bond acceptors (Lipinski definition) is 4. The Morgan fingerprint density at radius 1 is 1.22 bits per heavy atom. The maximum atomic E-state index is 12.0. The lowest BCUT2D eigenvalue weighted by molar-refractivity contribution is -0.123. The molecule has 0 aliphatic rings. The number of H-pyrrole nitrogens is 1. The predicted molar refractivity (Wildman–Crippen MR) is 94.5 cm³/mol. The molecule has 1 aromatic heterocycles. The Kier molecular flexibility index (Phi) is 6.49. The van der Waals surface area contributed by atoms with Gasteiger partial charge in [-0.15, -0.1) is 0 Å². The van der Waals surface area contributed by atoms with Gasteiger partial charge in [-0.2, -0.15) is 12.6 Å². The van der Waals surface area contributed by atoms with Crippen molar-refractivity contribution in [2.45, 2.75) is 18.9 Å². The molecule has 2 aromatic rings. The molecule has 0 saturated carbocycles. The topological polar surface area (TPSA) is 100 Å². The van der Waals surface area contributed by atoms with Gasteiger partial charge in [0.2, 0.25) is 11.8 Å². The third-order valence-corrected chi connectivity index (χ3v) is 3.76. The number of benzene rings is 1. The molecule has 2 rings (SSSR count). The van der Waals surface area contributed by atoms with Crippen molar-refractivity contribution in [1.29, 1.82) is 0 Å². The Labute approximate surface area is 140 Å². The van der Waals surface area contributed by atoms with Crippen molar-refractivity contribution in [2.24, 2.45) is 5.73 Å². The van der Waals surface area contributed by atoms with Gasteiger partial charge in [-0.1, -0.05) is 18.2 Å². The lowest BCUT2D eigenvalue weighted by Gasteiger charge is -2.12. The summed E-state index contributed by atoms with van der Waals surface area (Å²) in [5, 5.41) is 6.51. The number of carbonyl (C=O) groups excluding carboxylic acids is 2. The lowest BCUT2D eigenvalue weighted by atomic mass is 10.1. The fraction of sp³-hybridized carbons (Fsp3) is 0.375. The van der Waals surface area contributed by atoms with Crippen molar-refractivity contribution < 1.29 is 9.59 Å². The van der Waals surface area contributed by atoms with E-state index in [9.17, 15) is 9.59 Å². The van der Waals surface area contributed by atoms with Gasteiger partial charge < -0.3 is 21.4 Å². The van der Waals surface area contributed by atoms with Crippen molar-refractivity contribution in [3.63, 3.8) is 0 Å². The standard InChI is InChI=1S/C16H22N4O2S/c17-13(16(22)19-7-6-18-15(21)5-8-23)9-11-10-20-14-4-2-1-3-12(11)14/h1-4,10,13,20,23H,5-9,17H2,(H,18,21)(H,19,22)/t13-/m0/s1. The zero-order chi connectivity index (χ0) is 16.7. The van der Waals surface area contributed by atoms with Gasteiger partial charge in [-0.25, -0.2) is 0 Å². The molecule has 0 bridgehead atoms. The molecule has 0 fully saturated rings. The van der Waals surface area contributed by atoms with E-state index < -0.39 is 6.04 Å². The number of thiol groups is 1. The van der Waals surface area contributed by atoms with Crippen molar-refractivity contribution >= 4 is 35.3 Å². The summed E-state index contributed by atoms with van der Waals surface area (Å²) in [6.07, 6.45) is 2.72. The fourth-order valence-electron chi connectivity index (χ4n) is 2.34. The molecule has 0 aliphatic heterocycles. The summed E-state index contributed by atoms with van der Waals surface area (Å²) in [6, 6.07) is 7.28. The van der Waals surface area contributed by atoms with E-state index in [4.69, 9.17) is 5.73 Å². The highest BCUT2D eigenvalue weighted by Crippen LogP contribution is 2.18. The number of amides is 2. The van der Waals surface area contributed by atoms with Crippen molar-refractivity contribution in [1.82, 2.24) is 15.6 Å².